The second kappa shape index (κ2) is 7.32. The van der Waals surface area contributed by atoms with Gasteiger partial charge in [0.15, 0.2) is 0 Å². The second-order valence-corrected chi connectivity index (χ2v) is 10.1. The first kappa shape index (κ1) is 18.8. The van der Waals surface area contributed by atoms with Gasteiger partial charge in [-0.2, -0.15) is 21.6 Å². The largest absolute Gasteiger partial charge is 0.523 e. The molecule has 0 aliphatic carbocycles. The lowest BCUT2D eigenvalue weighted by atomic mass is 10.2. The van der Waals surface area contributed by atoms with Crippen LogP contribution in [0, 0.1) is 0 Å². The fraction of sp³-hybridized carbons (Fsp3) is 0.917. The van der Waals surface area contributed by atoms with Crippen molar-refractivity contribution in [3.63, 3.8) is 0 Å². The molecule has 0 aromatic heterocycles. The van der Waals surface area contributed by atoms with Crippen LogP contribution in [0.2, 0.25) is 0 Å². The molecule has 0 unspecified atom stereocenters. The second-order valence-electron chi connectivity index (χ2n) is 5.19. The maximum absolute atomic E-state index is 12.5. The van der Waals surface area contributed by atoms with Crippen molar-refractivity contribution in [3.8, 4) is 0 Å². The zero-order chi connectivity index (χ0) is 16.1. The monoisotopic (exact) mass is 350 g/mol. The third-order valence-corrected chi connectivity index (χ3v) is 8.64. The molecule has 0 N–H and O–H groups in total. The van der Waals surface area contributed by atoms with Crippen LogP contribution in [0.5, 0.6) is 0 Å². The zero-order valence-electron chi connectivity index (χ0n) is 11.9. The predicted octanol–water partition coefficient (Wildman–Crippen LogP) is 3.52. The van der Waals surface area contributed by atoms with Crippen LogP contribution in [0.15, 0.2) is 0 Å². The highest BCUT2D eigenvalue weighted by Gasteiger charge is 2.51. The number of unbranched alkanes of at least 4 members (excludes halogenated alkanes) is 2. The normalized spacial score (nSPS) is 20.4. The van der Waals surface area contributed by atoms with Crippen molar-refractivity contribution in [1.82, 2.24) is 0 Å². The van der Waals surface area contributed by atoms with E-state index in [1.54, 1.807) is 0 Å². The Bertz CT molecular complexity index is 454. The van der Waals surface area contributed by atoms with Gasteiger partial charge in [0.25, 0.3) is 0 Å². The van der Waals surface area contributed by atoms with Crippen LogP contribution < -0.4 is 0 Å². The fourth-order valence-electron chi connectivity index (χ4n) is 2.24. The summed E-state index contributed by atoms with van der Waals surface area (Å²) in [5, 5.41) is 0. The molecule has 21 heavy (non-hydrogen) atoms. The van der Waals surface area contributed by atoms with Crippen LogP contribution >= 0.6 is 10.3 Å². The summed E-state index contributed by atoms with van der Waals surface area (Å²) in [7, 11) is -8.12. The Morgan fingerprint density at radius 1 is 1.19 bits per heavy atom. The summed E-state index contributed by atoms with van der Waals surface area (Å²) in [4.78, 5) is 11.9. The van der Waals surface area contributed by atoms with Gasteiger partial charge in [-0.25, -0.2) is 3.63 Å². The van der Waals surface area contributed by atoms with Crippen LogP contribution in [-0.2, 0) is 18.5 Å². The third-order valence-electron chi connectivity index (χ3n) is 3.28. The van der Waals surface area contributed by atoms with Gasteiger partial charge in [0, 0.05) is 17.9 Å². The van der Waals surface area contributed by atoms with E-state index in [-0.39, 0.29) is 29.5 Å². The number of carbonyl (C=O) groups is 1. The van der Waals surface area contributed by atoms with Gasteiger partial charge < -0.3 is 0 Å². The Hall–Kier alpha value is -0.280. The molecule has 0 spiro atoms. The lowest BCUT2D eigenvalue weighted by Gasteiger charge is -2.33. The highest BCUT2D eigenvalue weighted by Crippen LogP contribution is 2.57. The van der Waals surface area contributed by atoms with Crippen molar-refractivity contribution >= 4 is 26.2 Å². The van der Waals surface area contributed by atoms with Gasteiger partial charge in [-0.3, -0.25) is 4.79 Å². The first-order chi connectivity index (χ1) is 9.62. The van der Waals surface area contributed by atoms with Gasteiger partial charge in [0.1, 0.15) is 5.78 Å². The Kier molecular flexibility index (Phi) is 6.54. The van der Waals surface area contributed by atoms with Crippen LogP contribution in [0.25, 0.3) is 0 Å². The average molecular weight is 350 g/mol. The number of ketones is 1. The number of hydrogen-bond donors (Lipinski definition) is 0. The van der Waals surface area contributed by atoms with Crippen LogP contribution in [-0.4, -0.2) is 37.0 Å². The molecule has 9 heteroatoms. The van der Waals surface area contributed by atoms with E-state index in [1.165, 1.54) is 0 Å². The smallest absolute Gasteiger partial charge is 0.299 e. The van der Waals surface area contributed by atoms with E-state index in [1.807, 2.05) is 6.92 Å². The molecule has 0 radical (unpaired) electrons. The molecule has 0 saturated carbocycles. The van der Waals surface area contributed by atoms with Gasteiger partial charge in [-0.05, 0) is 19.3 Å². The molecule has 1 aliphatic rings. The maximum atomic E-state index is 12.5. The molecule has 0 atom stereocenters. The topological polar surface area (TPSA) is 60.4 Å². The molecule has 126 valence electrons. The predicted molar refractivity (Wildman–Crippen MR) is 76.6 cm³/mol. The molecule has 4 nitrogen and oxygen atoms in total. The summed E-state index contributed by atoms with van der Waals surface area (Å²) in [6, 6.07) is 0. The summed E-state index contributed by atoms with van der Waals surface area (Å²) in [5.41, 5.74) is -5.43. The van der Waals surface area contributed by atoms with Crippen molar-refractivity contribution in [2.24, 2.45) is 0 Å². The SMILES string of the molecule is CCCCCC(=O)CS1(OS(=O)(=O)C(F)(F)F)CCCC1. The number of Topliss-reactive ketones (excluding diaryl/α,β-unsaturated/α-hetero) is 1. The number of rotatable bonds is 8. The summed E-state index contributed by atoms with van der Waals surface area (Å²) in [5.74, 6) is 0.132. The molecule has 1 rings (SSSR count). The minimum absolute atomic E-state index is 0.175. The Labute approximate surface area is 125 Å². The van der Waals surface area contributed by atoms with Crippen LogP contribution in [0.4, 0.5) is 13.2 Å². The van der Waals surface area contributed by atoms with Crippen LogP contribution in [0.1, 0.15) is 45.4 Å². The van der Waals surface area contributed by atoms with Gasteiger partial charge in [0.05, 0.1) is 5.75 Å². The highest BCUT2D eigenvalue weighted by atomic mass is 32.3. The minimum atomic E-state index is -5.63. The Morgan fingerprint density at radius 2 is 1.76 bits per heavy atom. The zero-order valence-corrected chi connectivity index (χ0v) is 13.6. The number of carbonyl (C=O) groups excluding carboxylic acids is 1. The van der Waals surface area contributed by atoms with E-state index in [0.717, 1.165) is 12.8 Å². The van der Waals surface area contributed by atoms with E-state index in [2.05, 4.69) is 3.63 Å². The lowest BCUT2D eigenvalue weighted by Crippen LogP contribution is -2.30. The van der Waals surface area contributed by atoms with Gasteiger partial charge >= 0.3 is 15.6 Å². The van der Waals surface area contributed by atoms with Crippen LogP contribution in [0.3, 0.4) is 0 Å². The lowest BCUT2D eigenvalue weighted by molar-refractivity contribution is -0.116. The Balaban J connectivity index is 2.74. The van der Waals surface area contributed by atoms with E-state index in [0.29, 0.717) is 19.3 Å². The van der Waals surface area contributed by atoms with Crippen molar-refractivity contribution in [2.45, 2.75) is 51.0 Å². The van der Waals surface area contributed by atoms with Crippen molar-refractivity contribution in [2.75, 3.05) is 17.3 Å². The average Bonchev–Trinajstić information content (AvgIpc) is 2.75. The number of hydrogen-bond acceptors (Lipinski definition) is 4. The van der Waals surface area contributed by atoms with E-state index in [9.17, 15) is 26.4 Å². The maximum Gasteiger partial charge on any atom is 0.523 e. The molecule has 1 fully saturated rings. The molecule has 1 heterocycles. The Morgan fingerprint density at radius 3 is 2.24 bits per heavy atom. The van der Waals surface area contributed by atoms with Gasteiger partial charge in [-0.15, -0.1) is 10.3 Å². The summed E-state index contributed by atoms with van der Waals surface area (Å²) < 4.78 is 64.3. The molecule has 0 aromatic carbocycles. The molecule has 0 bridgehead atoms. The fourth-order valence-corrected chi connectivity index (χ4v) is 7.48. The molecule has 1 saturated heterocycles. The molecule has 1 aliphatic heterocycles. The van der Waals surface area contributed by atoms with E-state index < -0.39 is 25.9 Å². The number of alkyl halides is 3. The van der Waals surface area contributed by atoms with Crippen molar-refractivity contribution in [3.05, 3.63) is 0 Å². The molecule has 0 aromatic rings. The first-order valence-corrected chi connectivity index (χ1v) is 10.4. The molecular formula is C12H21F3O4S2. The van der Waals surface area contributed by atoms with E-state index in [4.69, 9.17) is 0 Å². The standard InChI is InChI=1S/C12H21F3O4S2/c1-2-3-4-7-11(16)10-20(8-5-6-9-20)19-21(17,18)12(13,14)15/h2-10H2,1H3. The minimum Gasteiger partial charge on any atom is -0.299 e. The summed E-state index contributed by atoms with van der Waals surface area (Å²) in [6.45, 7) is 1.98. The molecule has 0 amide bonds. The summed E-state index contributed by atoms with van der Waals surface area (Å²) >= 11 is 0. The first-order valence-electron chi connectivity index (χ1n) is 6.92. The van der Waals surface area contributed by atoms with Crippen molar-refractivity contribution in [1.29, 1.82) is 0 Å². The van der Waals surface area contributed by atoms with Gasteiger partial charge in [-0.1, -0.05) is 19.8 Å². The third kappa shape index (κ3) is 5.45. The summed E-state index contributed by atoms with van der Waals surface area (Å²) in [6.07, 6.45) is 3.96. The number of halogens is 3. The quantitative estimate of drug-likeness (QED) is 0.496. The van der Waals surface area contributed by atoms with E-state index >= 15 is 0 Å². The van der Waals surface area contributed by atoms with Gasteiger partial charge in [0.2, 0.25) is 0 Å². The van der Waals surface area contributed by atoms with Crippen molar-refractivity contribution < 1.29 is 30.0 Å². The molecular weight excluding hydrogens is 329 g/mol. The highest BCUT2D eigenvalue weighted by molar-refractivity contribution is 8.33.